The zero-order valence-electron chi connectivity index (χ0n) is 15.4. The third-order valence-corrected chi connectivity index (χ3v) is 4.79. The maximum atomic E-state index is 13.0. The number of urea groups is 1. The van der Waals surface area contributed by atoms with Crippen molar-refractivity contribution in [3.05, 3.63) is 88.7 Å². The summed E-state index contributed by atoms with van der Waals surface area (Å²) in [4.78, 5) is 38.7. The van der Waals surface area contributed by atoms with Crippen LogP contribution in [0.2, 0.25) is 5.02 Å². The Morgan fingerprint density at radius 1 is 0.931 bits per heavy atom. The minimum atomic E-state index is -0.768. The first kappa shape index (κ1) is 18.7. The van der Waals surface area contributed by atoms with Crippen molar-refractivity contribution < 1.29 is 14.4 Å². The standard InChI is InChI=1S/C22H16ClN3O3/c1-14-4-2-5-18(12-14)26-21(28)19(20(27)24-22(26)29)13-17-6-3-11-25(17)16-9-7-15(23)8-10-16/h2-13H,1H3,(H,24,27,29). The van der Waals surface area contributed by atoms with Gasteiger partial charge in [0.15, 0.2) is 0 Å². The van der Waals surface area contributed by atoms with Crippen LogP contribution in [-0.4, -0.2) is 22.4 Å². The van der Waals surface area contributed by atoms with Gasteiger partial charge < -0.3 is 4.57 Å². The Morgan fingerprint density at radius 3 is 2.41 bits per heavy atom. The van der Waals surface area contributed by atoms with Gasteiger partial charge in [0.05, 0.1) is 5.69 Å². The number of nitrogens with one attached hydrogen (secondary N) is 1. The second kappa shape index (κ2) is 7.41. The summed E-state index contributed by atoms with van der Waals surface area (Å²) in [6.07, 6.45) is 3.28. The molecular formula is C22H16ClN3O3. The number of amides is 4. The normalized spacial score (nSPS) is 15.7. The molecule has 0 bridgehead atoms. The summed E-state index contributed by atoms with van der Waals surface area (Å²) >= 11 is 5.95. The summed E-state index contributed by atoms with van der Waals surface area (Å²) in [6, 6.07) is 16.9. The molecule has 4 amide bonds. The topological polar surface area (TPSA) is 71.4 Å². The second-order valence-electron chi connectivity index (χ2n) is 6.58. The summed E-state index contributed by atoms with van der Waals surface area (Å²) in [6.45, 7) is 1.86. The number of carbonyl (C=O) groups is 3. The number of anilines is 1. The molecule has 144 valence electrons. The highest BCUT2D eigenvalue weighted by atomic mass is 35.5. The number of rotatable bonds is 3. The van der Waals surface area contributed by atoms with Crippen LogP contribution in [0.25, 0.3) is 11.8 Å². The number of carbonyl (C=O) groups excluding carboxylic acids is 3. The predicted octanol–water partition coefficient (Wildman–Crippen LogP) is 4.11. The third-order valence-electron chi connectivity index (χ3n) is 4.54. The molecule has 0 saturated carbocycles. The number of benzene rings is 2. The second-order valence-corrected chi connectivity index (χ2v) is 7.01. The molecule has 0 spiro atoms. The van der Waals surface area contributed by atoms with E-state index >= 15 is 0 Å². The van der Waals surface area contributed by atoms with E-state index in [4.69, 9.17) is 11.6 Å². The average molecular weight is 406 g/mol. The van der Waals surface area contributed by atoms with Crippen LogP contribution in [0, 0.1) is 6.92 Å². The summed E-state index contributed by atoms with van der Waals surface area (Å²) in [5.41, 5.74) is 2.60. The first-order chi connectivity index (χ1) is 13.9. The number of hydrogen-bond donors (Lipinski definition) is 1. The fraction of sp³-hybridized carbons (Fsp3) is 0.0455. The molecule has 29 heavy (non-hydrogen) atoms. The highest BCUT2D eigenvalue weighted by Crippen LogP contribution is 2.24. The molecular weight excluding hydrogens is 390 g/mol. The van der Waals surface area contributed by atoms with Crippen molar-refractivity contribution in [2.24, 2.45) is 0 Å². The molecule has 0 aliphatic carbocycles. The Balaban J connectivity index is 1.75. The van der Waals surface area contributed by atoms with Crippen molar-refractivity contribution in [1.82, 2.24) is 9.88 Å². The maximum absolute atomic E-state index is 13.0. The van der Waals surface area contributed by atoms with Gasteiger partial charge in [-0.05, 0) is 67.1 Å². The van der Waals surface area contributed by atoms with Gasteiger partial charge in [-0.15, -0.1) is 0 Å². The maximum Gasteiger partial charge on any atom is 0.335 e. The van der Waals surface area contributed by atoms with Gasteiger partial charge in [-0.2, -0.15) is 0 Å². The lowest BCUT2D eigenvalue weighted by Crippen LogP contribution is -2.54. The SMILES string of the molecule is Cc1cccc(N2C(=O)NC(=O)C(=Cc3cccn3-c3ccc(Cl)cc3)C2=O)c1. The summed E-state index contributed by atoms with van der Waals surface area (Å²) < 4.78 is 1.82. The van der Waals surface area contributed by atoms with Crippen molar-refractivity contribution in [3.8, 4) is 5.69 Å². The number of aromatic nitrogens is 1. The van der Waals surface area contributed by atoms with Crippen molar-refractivity contribution in [2.75, 3.05) is 4.90 Å². The number of hydrogen-bond acceptors (Lipinski definition) is 3. The van der Waals surface area contributed by atoms with Gasteiger partial charge in [0.1, 0.15) is 5.57 Å². The van der Waals surface area contributed by atoms with Crippen molar-refractivity contribution in [3.63, 3.8) is 0 Å². The Hall–Kier alpha value is -3.64. The first-order valence-electron chi connectivity index (χ1n) is 8.85. The third kappa shape index (κ3) is 3.58. The Labute approximate surface area is 172 Å². The average Bonchev–Trinajstić information content (AvgIpc) is 3.14. The van der Waals surface area contributed by atoms with E-state index in [1.165, 1.54) is 6.08 Å². The molecule has 0 atom stereocenters. The van der Waals surface area contributed by atoms with E-state index in [0.717, 1.165) is 16.2 Å². The Kier molecular flexibility index (Phi) is 4.78. The van der Waals surface area contributed by atoms with Crippen molar-refractivity contribution >= 4 is 41.2 Å². The van der Waals surface area contributed by atoms with Crippen LogP contribution in [0.3, 0.4) is 0 Å². The van der Waals surface area contributed by atoms with Gasteiger partial charge in [-0.25, -0.2) is 9.69 Å². The van der Waals surface area contributed by atoms with Crippen LogP contribution >= 0.6 is 11.6 Å². The summed E-state index contributed by atoms with van der Waals surface area (Å²) in [5.74, 6) is -1.40. The van der Waals surface area contributed by atoms with Crippen LogP contribution in [-0.2, 0) is 9.59 Å². The quantitative estimate of drug-likeness (QED) is 0.526. The Bertz CT molecular complexity index is 1160. The molecule has 4 rings (SSSR count). The summed E-state index contributed by atoms with van der Waals surface area (Å²) in [5, 5.41) is 2.85. The zero-order valence-corrected chi connectivity index (χ0v) is 16.2. The highest BCUT2D eigenvalue weighted by Gasteiger charge is 2.37. The lowest BCUT2D eigenvalue weighted by atomic mass is 10.1. The minimum Gasteiger partial charge on any atom is -0.317 e. The van der Waals surface area contributed by atoms with Gasteiger partial charge in [0.25, 0.3) is 11.8 Å². The van der Waals surface area contributed by atoms with Gasteiger partial charge in [0, 0.05) is 22.6 Å². The molecule has 0 radical (unpaired) electrons. The van der Waals surface area contributed by atoms with E-state index in [2.05, 4.69) is 5.32 Å². The first-order valence-corrected chi connectivity index (χ1v) is 9.23. The Morgan fingerprint density at radius 2 is 1.69 bits per heavy atom. The molecule has 1 aliphatic rings. The van der Waals surface area contributed by atoms with Crippen LogP contribution in [0.1, 0.15) is 11.3 Å². The van der Waals surface area contributed by atoms with Crippen molar-refractivity contribution in [1.29, 1.82) is 0 Å². The molecule has 1 aromatic heterocycles. The molecule has 1 aliphatic heterocycles. The van der Waals surface area contributed by atoms with Crippen LogP contribution < -0.4 is 10.2 Å². The molecule has 3 aromatic rings. The lowest BCUT2D eigenvalue weighted by Gasteiger charge is -2.26. The van der Waals surface area contributed by atoms with E-state index in [-0.39, 0.29) is 5.57 Å². The highest BCUT2D eigenvalue weighted by molar-refractivity contribution is 6.39. The van der Waals surface area contributed by atoms with Crippen LogP contribution in [0.4, 0.5) is 10.5 Å². The molecule has 0 unspecified atom stereocenters. The largest absolute Gasteiger partial charge is 0.335 e. The van der Waals surface area contributed by atoms with Crippen molar-refractivity contribution in [2.45, 2.75) is 6.92 Å². The molecule has 2 heterocycles. The van der Waals surface area contributed by atoms with Gasteiger partial charge >= 0.3 is 6.03 Å². The zero-order chi connectivity index (χ0) is 20.5. The number of barbiturate groups is 1. The fourth-order valence-corrected chi connectivity index (χ4v) is 3.28. The molecule has 6 nitrogen and oxygen atoms in total. The van der Waals surface area contributed by atoms with E-state index in [9.17, 15) is 14.4 Å². The number of halogens is 1. The van der Waals surface area contributed by atoms with Gasteiger partial charge in [0.2, 0.25) is 0 Å². The molecule has 1 saturated heterocycles. The van der Waals surface area contributed by atoms with E-state index in [1.807, 2.05) is 35.9 Å². The van der Waals surface area contributed by atoms with E-state index in [1.54, 1.807) is 42.5 Å². The monoisotopic (exact) mass is 405 g/mol. The van der Waals surface area contributed by atoms with Gasteiger partial charge in [-0.1, -0.05) is 23.7 Å². The predicted molar refractivity (Wildman–Crippen MR) is 111 cm³/mol. The lowest BCUT2D eigenvalue weighted by molar-refractivity contribution is -0.122. The minimum absolute atomic E-state index is 0.125. The van der Waals surface area contributed by atoms with Gasteiger partial charge in [-0.3, -0.25) is 14.9 Å². The molecule has 7 heteroatoms. The number of aryl methyl sites for hydroxylation is 1. The van der Waals surface area contributed by atoms with Crippen LogP contribution in [0.15, 0.2) is 72.4 Å². The van der Waals surface area contributed by atoms with E-state index < -0.39 is 17.8 Å². The van der Waals surface area contributed by atoms with Crippen LogP contribution in [0.5, 0.6) is 0 Å². The number of imide groups is 2. The number of nitrogens with zero attached hydrogens (tertiary/aromatic N) is 2. The molecule has 2 aromatic carbocycles. The smallest absolute Gasteiger partial charge is 0.317 e. The molecule has 1 fully saturated rings. The fourth-order valence-electron chi connectivity index (χ4n) is 3.16. The molecule has 1 N–H and O–H groups in total. The van der Waals surface area contributed by atoms with E-state index in [0.29, 0.717) is 16.4 Å². The summed E-state index contributed by atoms with van der Waals surface area (Å²) in [7, 11) is 0.